The van der Waals surface area contributed by atoms with Gasteiger partial charge in [0, 0.05) is 103 Å². The smallest absolute Gasteiger partial charge is 0.306 e. The predicted molar refractivity (Wildman–Crippen MR) is 485 cm³/mol. The molecule has 7 atom stereocenters. The molecule has 0 aromatic rings. The Bertz CT molecular complexity index is 2270. The van der Waals surface area contributed by atoms with Gasteiger partial charge in [0.15, 0.2) is 0 Å². The summed E-state index contributed by atoms with van der Waals surface area (Å²) < 4.78 is 14.4. The summed E-state index contributed by atoms with van der Waals surface area (Å²) in [4.78, 5) is 120. The van der Waals surface area contributed by atoms with Crippen molar-refractivity contribution in [1.82, 2.24) is 21.3 Å². The molecule has 0 aliphatic carbocycles. The first-order chi connectivity index (χ1) is 54.4. The number of carboxylic acid groups (broad SMARTS) is 3. The molecule has 27 heteroatoms. The van der Waals surface area contributed by atoms with E-state index >= 15 is 0 Å². The standard InChI is InChI=1S/2C16H29NO3.2C11H24N2O.2C9H18O2.C8H17NO2.C7H13NO2.C2H2Br2O/c2*1-5-10-20-16(19)8-7-9-17-15(18)12-14(6-2)11-13(3)4;2*1-4-10(7-9(2)3)8-11(14)13-6-5-12;2*1-4-8(5-7(2)3)6-9(10)11;1-6(2)3-7(5-9)4-8(10)11;1-2-6-10-7(9)4-3-5-8;3-1-2(4)5/h2*5,13-14H,1,6-12H2,2-4H3,(H,17,18);2*9-10H,4-8,12H2,1-3H3,(H,13,14);2*7-8H,4-6H2,1-3H3,(H,10,11);6-7H,3-5,9H2,1-2H3,(H,10,11);2H,1,3-6,8H2;1H2/t2*14-;2*10-;2*8-;7-;;/m0000000../s1. The maximum Gasteiger partial charge on any atom is 0.306 e. The Morgan fingerprint density at radius 3 is 0.707 bits per heavy atom. The molecule has 0 aromatic carbocycles. The van der Waals surface area contributed by atoms with Gasteiger partial charge < -0.3 is 73.7 Å². The highest BCUT2D eigenvalue weighted by atomic mass is 79.9. The molecule has 0 heterocycles. The van der Waals surface area contributed by atoms with Crippen LogP contribution in [-0.4, -0.2) is 157 Å². The molecule has 686 valence electrons. The van der Waals surface area contributed by atoms with E-state index in [1.807, 2.05) is 0 Å². The van der Waals surface area contributed by atoms with E-state index in [9.17, 15) is 52.7 Å². The van der Waals surface area contributed by atoms with Gasteiger partial charge in [0.1, 0.15) is 19.8 Å². The molecular weight excluding hydrogens is 1610 g/mol. The Hall–Kier alpha value is -5.61. The number of carbonyl (C=O) groups is 11. The van der Waals surface area contributed by atoms with Gasteiger partial charge in [-0.05, 0) is 176 Å². The molecule has 0 aromatic heterocycles. The van der Waals surface area contributed by atoms with Crippen molar-refractivity contribution in [1.29, 1.82) is 0 Å². The number of aliphatic carboxylic acids is 3. The Morgan fingerprint density at radius 2 is 0.534 bits per heavy atom. The molecule has 25 nitrogen and oxygen atoms in total. The van der Waals surface area contributed by atoms with Crippen LogP contribution in [0.1, 0.15) is 305 Å². The lowest BCUT2D eigenvalue weighted by Gasteiger charge is -2.16. The molecule has 116 heavy (non-hydrogen) atoms. The lowest BCUT2D eigenvalue weighted by molar-refractivity contribution is -0.143. The number of alkyl halides is 1. The number of ether oxygens (including phenoxy) is 3. The molecule has 0 radical (unpaired) electrons. The predicted octanol–water partition coefficient (Wildman–Crippen LogP) is 17.1. The van der Waals surface area contributed by atoms with Crippen LogP contribution in [0, 0.1) is 82.9 Å². The van der Waals surface area contributed by atoms with Crippen LogP contribution in [0.4, 0.5) is 0 Å². The summed E-state index contributed by atoms with van der Waals surface area (Å²) in [5.74, 6) is 4.82. The van der Waals surface area contributed by atoms with Crippen LogP contribution >= 0.6 is 31.9 Å². The number of amides is 4. The summed E-state index contributed by atoms with van der Waals surface area (Å²) in [5, 5.41) is 37.3. The van der Waals surface area contributed by atoms with Crippen molar-refractivity contribution in [2.75, 3.05) is 77.5 Å². The summed E-state index contributed by atoms with van der Waals surface area (Å²) >= 11 is 5.60. The second-order valence-corrected chi connectivity index (χ2v) is 33.7. The van der Waals surface area contributed by atoms with E-state index < -0.39 is 17.9 Å². The van der Waals surface area contributed by atoms with Gasteiger partial charge in [-0.2, -0.15) is 0 Å². The number of nitrogens with two attached hydrogens (primary N) is 4. The fraction of sp³-hybridized carbons (Fsp3) is 0.809. The fourth-order valence-corrected chi connectivity index (χ4v) is 11.6. The minimum atomic E-state index is -0.749. The van der Waals surface area contributed by atoms with Crippen molar-refractivity contribution in [3.05, 3.63) is 38.0 Å². The van der Waals surface area contributed by atoms with E-state index in [2.05, 4.69) is 216 Å². The first-order valence-electron chi connectivity index (χ1n) is 43.0. The third-order valence-corrected chi connectivity index (χ3v) is 18.7. The van der Waals surface area contributed by atoms with Crippen LogP contribution < -0.4 is 44.2 Å². The molecule has 4 amide bonds. The summed E-state index contributed by atoms with van der Waals surface area (Å²) in [6.45, 7) is 58.2. The Balaban J connectivity index is -0.000000162. The van der Waals surface area contributed by atoms with Crippen LogP contribution in [0.3, 0.4) is 0 Å². The zero-order valence-corrected chi connectivity index (χ0v) is 79.6. The van der Waals surface area contributed by atoms with Crippen molar-refractivity contribution >= 4 is 96.0 Å². The van der Waals surface area contributed by atoms with Gasteiger partial charge >= 0.3 is 35.8 Å². The Kier molecular flexibility index (Phi) is 103. The first-order valence-corrected chi connectivity index (χ1v) is 44.9. The summed E-state index contributed by atoms with van der Waals surface area (Å²) in [5.41, 5.74) is 21.2. The number of hydrogen-bond acceptors (Lipinski definition) is 18. The van der Waals surface area contributed by atoms with Crippen molar-refractivity contribution in [2.45, 2.75) is 305 Å². The van der Waals surface area contributed by atoms with E-state index in [1.165, 1.54) is 0 Å². The van der Waals surface area contributed by atoms with Crippen LogP contribution in [0.5, 0.6) is 0 Å². The summed E-state index contributed by atoms with van der Waals surface area (Å²) in [6.07, 6.45) is 24.5. The number of esters is 3. The van der Waals surface area contributed by atoms with Gasteiger partial charge in [-0.25, -0.2) is 0 Å². The number of rotatable bonds is 57. The van der Waals surface area contributed by atoms with Crippen molar-refractivity contribution < 1.29 is 82.3 Å². The topological polar surface area (TPSA) is 428 Å². The normalized spacial score (nSPS) is 12.2. The van der Waals surface area contributed by atoms with E-state index in [0.717, 1.165) is 83.5 Å². The highest BCUT2D eigenvalue weighted by Gasteiger charge is 2.19. The van der Waals surface area contributed by atoms with E-state index in [0.29, 0.717) is 218 Å². The average molecular weight is 1790 g/mol. The van der Waals surface area contributed by atoms with Crippen LogP contribution in [0.15, 0.2) is 38.0 Å². The zero-order chi connectivity index (χ0) is 91.4. The fourth-order valence-electron chi connectivity index (χ4n) is 11.6. The summed E-state index contributed by atoms with van der Waals surface area (Å²) in [7, 11) is 0. The lowest BCUT2D eigenvalue weighted by atomic mass is 9.92. The number of carbonyl (C=O) groups excluding carboxylic acids is 8. The third kappa shape index (κ3) is 115. The molecular formula is C89H174Br2N8O17. The van der Waals surface area contributed by atoms with E-state index in [1.54, 1.807) is 18.2 Å². The van der Waals surface area contributed by atoms with Crippen LogP contribution in [0.25, 0.3) is 0 Å². The lowest BCUT2D eigenvalue weighted by Crippen LogP contribution is -2.30. The largest absolute Gasteiger partial charge is 0.481 e. The van der Waals surface area contributed by atoms with Crippen LogP contribution in [0.2, 0.25) is 0 Å². The molecule has 0 unspecified atom stereocenters. The van der Waals surface area contributed by atoms with E-state index in [4.69, 9.17) is 47.7 Å². The SMILES string of the molecule is C=CCOC(=O)CCCN.C=CCOC(=O)CCCNC(=O)C[C@@H](CC)CC(C)C.C=CCOC(=O)CCCNC(=O)C[C@@H](CC)CC(C)C.CC(C)C[C@H](CN)CC(=O)O.CC[C@H](CC(=O)NCCN)CC(C)C.CC[C@H](CC(=O)NCCN)CC(C)C.CC[C@H](CC(=O)O)CC(C)C.CC[C@H](CC(=O)O)CC(C)C.O=C(Br)CBr. The monoisotopic (exact) mass is 1790 g/mol. The molecule has 0 saturated carbocycles. The van der Waals surface area contributed by atoms with Gasteiger partial charge in [0.2, 0.25) is 28.3 Å². The molecule has 15 N–H and O–H groups in total. The van der Waals surface area contributed by atoms with E-state index in [-0.39, 0.29) is 71.8 Å². The molecule has 0 bridgehead atoms. The maximum atomic E-state index is 11.8. The molecule has 0 fully saturated rings. The first kappa shape index (κ1) is 128. The highest BCUT2D eigenvalue weighted by Crippen LogP contribution is 2.23. The molecule has 0 saturated heterocycles. The maximum absolute atomic E-state index is 11.8. The van der Waals surface area contributed by atoms with Crippen molar-refractivity contribution in [2.24, 2.45) is 106 Å². The minimum Gasteiger partial charge on any atom is -0.481 e. The van der Waals surface area contributed by atoms with Gasteiger partial charge in [-0.1, -0.05) is 231 Å². The second kappa shape index (κ2) is 93.3. The summed E-state index contributed by atoms with van der Waals surface area (Å²) in [6, 6.07) is 0. The Morgan fingerprint density at radius 1 is 0.336 bits per heavy atom. The van der Waals surface area contributed by atoms with Gasteiger partial charge in [-0.15, -0.1) is 0 Å². The number of nitrogens with one attached hydrogen (secondary N) is 4. The highest BCUT2D eigenvalue weighted by molar-refractivity contribution is 9.19. The average Bonchev–Trinajstić information content (AvgIpc) is 0.992. The van der Waals surface area contributed by atoms with Gasteiger partial charge in [0.05, 0.1) is 5.33 Å². The Labute approximate surface area is 722 Å². The molecule has 0 rings (SSSR count). The number of hydrogen-bond donors (Lipinski definition) is 11. The van der Waals surface area contributed by atoms with Gasteiger partial charge in [-0.3, -0.25) is 52.7 Å². The quantitative estimate of drug-likeness (QED) is 0.00673. The van der Waals surface area contributed by atoms with Crippen molar-refractivity contribution in [3.8, 4) is 0 Å². The molecule has 0 aliphatic rings. The zero-order valence-electron chi connectivity index (χ0n) is 76.4. The molecule has 0 aliphatic heterocycles. The minimum absolute atomic E-state index is 0.0162. The molecule has 0 spiro atoms. The van der Waals surface area contributed by atoms with Gasteiger partial charge in [0.25, 0.3) is 0 Å². The van der Waals surface area contributed by atoms with Crippen molar-refractivity contribution in [3.63, 3.8) is 0 Å². The second-order valence-electron chi connectivity index (χ2n) is 32.2. The van der Waals surface area contributed by atoms with Crippen LogP contribution in [-0.2, 0) is 67.0 Å². The number of halogens is 2. The third-order valence-electron chi connectivity index (χ3n) is 17.2. The number of carboxylic acids is 3.